The highest BCUT2D eigenvalue weighted by Crippen LogP contribution is 2.18. The third-order valence-electron chi connectivity index (χ3n) is 4.08. The molecule has 0 aliphatic rings. The summed E-state index contributed by atoms with van der Waals surface area (Å²) in [5, 5.41) is 7.88. The molecule has 1 N–H and O–H groups in total. The number of hydrogen-bond donors (Lipinski definition) is 1. The highest BCUT2D eigenvalue weighted by molar-refractivity contribution is 5.92. The SMILES string of the molecule is CCc1ccc(N(CC)C(=O)NCc2noc3ccccc23)cc1. The predicted octanol–water partition coefficient (Wildman–Crippen LogP) is 4.13. The minimum absolute atomic E-state index is 0.145. The summed E-state index contributed by atoms with van der Waals surface area (Å²) in [6, 6.07) is 15.5. The molecule has 0 aliphatic carbocycles. The molecule has 3 rings (SSSR count). The van der Waals surface area contributed by atoms with Gasteiger partial charge in [-0.1, -0.05) is 36.3 Å². The van der Waals surface area contributed by atoms with Crippen molar-refractivity contribution in [3.05, 3.63) is 59.8 Å². The van der Waals surface area contributed by atoms with E-state index in [-0.39, 0.29) is 6.03 Å². The molecule has 0 atom stereocenters. The average molecular weight is 323 g/mol. The zero-order valence-electron chi connectivity index (χ0n) is 14.0. The van der Waals surface area contributed by atoms with E-state index in [2.05, 4.69) is 29.5 Å². The highest BCUT2D eigenvalue weighted by Gasteiger charge is 2.15. The molecule has 0 spiro atoms. The highest BCUT2D eigenvalue weighted by atomic mass is 16.5. The smallest absolute Gasteiger partial charge is 0.322 e. The molecule has 0 unspecified atom stereocenters. The number of benzene rings is 2. The first kappa shape index (κ1) is 16.1. The quantitative estimate of drug-likeness (QED) is 0.768. The number of amides is 2. The van der Waals surface area contributed by atoms with Gasteiger partial charge in [-0.3, -0.25) is 4.90 Å². The number of carbonyl (C=O) groups excluding carboxylic acids is 1. The molecule has 124 valence electrons. The lowest BCUT2D eigenvalue weighted by molar-refractivity contribution is 0.246. The van der Waals surface area contributed by atoms with E-state index >= 15 is 0 Å². The minimum Gasteiger partial charge on any atom is -0.356 e. The maximum Gasteiger partial charge on any atom is 0.322 e. The van der Waals surface area contributed by atoms with Gasteiger partial charge in [-0.25, -0.2) is 4.79 Å². The van der Waals surface area contributed by atoms with Crippen molar-refractivity contribution in [3.63, 3.8) is 0 Å². The number of anilines is 1. The largest absolute Gasteiger partial charge is 0.356 e. The van der Waals surface area contributed by atoms with Gasteiger partial charge in [0, 0.05) is 17.6 Å². The van der Waals surface area contributed by atoms with Crippen molar-refractivity contribution in [1.29, 1.82) is 0 Å². The zero-order valence-corrected chi connectivity index (χ0v) is 14.0. The number of aromatic nitrogens is 1. The molecule has 5 heteroatoms. The Labute approximate surface area is 141 Å². The van der Waals surface area contributed by atoms with Crippen LogP contribution in [0.25, 0.3) is 11.0 Å². The first-order valence-corrected chi connectivity index (χ1v) is 8.20. The van der Waals surface area contributed by atoms with Gasteiger partial charge in [0.25, 0.3) is 0 Å². The fourth-order valence-electron chi connectivity index (χ4n) is 2.68. The first-order valence-electron chi connectivity index (χ1n) is 8.20. The lowest BCUT2D eigenvalue weighted by Crippen LogP contribution is -2.39. The van der Waals surface area contributed by atoms with Gasteiger partial charge in [-0.05, 0) is 43.2 Å². The molecule has 1 heterocycles. The Balaban J connectivity index is 1.70. The molecule has 0 fully saturated rings. The minimum atomic E-state index is -0.145. The van der Waals surface area contributed by atoms with Crippen LogP contribution in [0.15, 0.2) is 53.1 Å². The Morgan fingerprint density at radius 2 is 1.88 bits per heavy atom. The van der Waals surface area contributed by atoms with Crippen LogP contribution in [0, 0.1) is 0 Å². The summed E-state index contributed by atoms with van der Waals surface area (Å²) in [5.74, 6) is 0. The van der Waals surface area contributed by atoms with Crippen LogP contribution in [0.3, 0.4) is 0 Å². The number of aryl methyl sites for hydroxylation is 1. The van der Waals surface area contributed by atoms with E-state index in [9.17, 15) is 4.79 Å². The van der Waals surface area contributed by atoms with E-state index in [1.807, 2.05) is 43.3 Å². The summed E-state index contributed by atoms with van der Waals surface area (Å²) in [6.07, 6.45) is 0.984. The van der Waals surface area contributed by atoms with Gasteiger partial charge in [-0.15, -0.1) is 0 Å². The van der Waals surface area contributed by atoms with Crippen molar-refractivity contribution in [3.8, 4) is 0 Å². The third-order valence-corrected chi connectivity index (χ3v) is 4.08. The fraction of sp³-hybridized carbons (Fsp3) is 0.263. The van der Waals surface area contributed by atoms with Crippen molar-refractivity contribution in [2.75, 3.05) is 11.4 Å². The molecule has 0 saturated carbocycles. The van der Waals surface area contributed by atoms with Crippen LogP contribution >= 0.6 is 0 Å². The number of nitrogens with zero attached hydrogens (tertiary/aromatic N) is 2. The topological polar surface area (TPSA) is 58.4 Å². The Morgan fingerprint density at radius 1 is 1.12 bits per heavy atom. The van der Waals surface area contributed by atoms with Crippen LogP contribution in [0.5, 0.6) is 0 Å². The summed E-state index contributed by atoms with van der Waals surface area (Å²) in [6.45, 7) is 5.00. The van der Waals surface area contributed by atoms with E-state index in [1.165, 1.54) is 5.56 Å². The van der Waals surface area contributed by atoms with Gasteiger partial charge >= 0.3 is 6.03 Å². The number of carbonyl (C=O) groups is 1. The summed E-state index contributed by atoms with van der Waals surface area (Å²) in [4.78, 5) is 14.2. The Morgan fingerprint density at radius 3 is 2.58 bits per heavy atom. The molecule has 2 aromatic carbocycles. The predicted molar refractivity (Wildman–Crippen MR) is 95.1 cm³/mol. The zero-order chi connectivity index (χ0) is 16.9. The van der Waals surface area contributed by atoms with Crippen LogP contribution in [0.2, 0.25) is 0 Å². The van der Waals surface area contributed by atoms with Crippen molar-refractivity contribution >= 4 is 22.7 Å². The normalized spacial score (nSPS) is 10.8. The van der Waals surface area contributed by atoms with E-state index < -0.39 is 0 Å². The average Bonchev–Trinajstić information content (AvgIpc) is 3.04. The maximum absolute atomic E-state index is 12.5. The summed E-state index contributed by atoms with van der Waals surface area (Å²) in [7, 11) is 0. The van der Waals surface area contributed by atoms with Crippen molar-refractivity contribution in [2.45, 2.75) is 26.8 Å². The Kier molecular flexibility index (Phi) is 4.79. The number of nitrogens with one attached hydrogen (secondary N) is 1. The number of para-hydroxylation sites is 1. The third kappa shape index (κ3) is 3.25. The fourth-order valence-corrected chi connectivity index (χ4v) is 2.68. The van der Waals surface area contributed by atoms with Crippen LogP contribution in [-0.4, -0.2) is 17.7 Å². The molecular formula is C19H21N3O2. The maximum atomic E-state index is 12.5. The van der Waals surface area contributed by atoms with Gasteiger partial charge < -0.3 is 9.84 Å². The lowest BCUT2D eigenvalue weighted by Gasteiger charge is -2.21. The standard InChI is InChI=1S/C19H21N3O2/c1-3-14-9-11-15(12-10-14)22(4-2)19(23)20-13-17-16-7-5-6-8-18(16)24-21-17/h5-12H,3-4,13H2,1-2H3,(H,20,23). The van der Waals surface area contributed by atoms with Crippen LogP contribution in [-0.2, 0) is 13.0 Å². The van der Waals surface area contributed by atoms with Gasteiger partial charge in [0.05, 0.1) is 6.54 Å². The van der Waals surface area contributed by atoms with E-state index in [4.69, 9.17) is 4.52 Å². The molecule has 3 aromatic rings. The molecule has 0 bridgehead atoms. The second-order valence-electron chi connectivity index (χ2n) is 5.55. The Bertz CT molecular complexity index is 824. The van der Waals surface area contributed by atoms with Gasteiger partial charge in [0.15, 0.2) is 5.58 Å². The Hall–Kier alpha value is -2.82. The van der Waals surface area contributed by atoms with Crippen LogP contribution < -0.4 is 10.2 Å². The molecule has 0 saturated heterocycles. The molecule has 1 aromatic heterocycles. The van der Waals surface area contributed by atoms with E-state index in [0.717, 1.165) is 28.8 Å². The van der Waals surface area contributed by atoms with E-state index in [0.29, 0.717) is 13.1 Å². The molecule has 2 amide bonds. The second kappa shape index (κ2) is 7.17. The second-order valence-corrected chi connectivity index (χ2v) is 5.55. The van der Waals surface area contributed by atoms with Crippen LogP contribution in [0.1, 0.15) is 25.1 Å². The van der Waals surface area contributed by atoms with Crippen LogP contribution in [0.4, 0.5) is 10.5 Å². The van der Waals surface area contributed by atoms with E-state index in [1.54, 1.807) is 4.90 Å². The summed E-state index contributed by atoms with van der Waals surface area (Å²) in [5.41, 5.74) is 3.60. The number of urea groups is 1. The number of rotatable bonds is 5. The number of hydrogen-bond acceptors (Lipinski definition) is 3. The molecule has 24 heavy (non-hydrogen) atoms. The van der Waals surface area contributed by atoms with Crippen molar-refractivity contribution in [1.82, 2.24) is 10.5 Å². The molecular weight excluding hydrogens is 302 g/mol. The van der Waals surface area contributed by atoms with Crippen molar-refractivity contribution < 1.29 is 9.32 Å². The van der Waals surface area contributed by atoms with Gasteiger partial charge in [0.2, 0.25) is 0 Å². The summed E-state index contributed by atoms with van der Waals surface area (Å²) >= 11 is 0. The first-order chi connectivity index (χ1) is 11.7. The van der Waals surface area contributed by atoms with Crippen molar-refractivity contribution in [2.24, 2.45) is 0 Å². The number of fused-ring (bicyclic) bond motifs is 1. The van der Waals surface area contributed by atoms with Gasteiger partial charge in [-0.2, -0.15) is 0 Å². The summed E-state index contributed by atoms with van der Waals surface area (Å²) < 4.78 is 5.26. The lowest BCUT2D eigenvalue weighted by atomic mass is 10.1. The molecule has 0 radical (unpaired) electrons. The monoisotopic (exact) mass is 323 g/mol. The van der Waals surface area contributed by atoms with Gasteiger partial charge in [0.1, 0.15) is 5.69 Å². The molecule has 5 nitrogen and oxygen atoms in total. The molecule has 0 aliphatic heterocycles.